The largest absolute Gasteiger partial charge is 0.331 e. The predicted octanol–water partition coefficient (Wildman–Crippen LogP) is 2.27. The molecule has 0 aliphatic carbocycles. The van der Waals surface area contributed by atoms with Crippen LogP contribution in [0.15, 0.2) is 12.5 Å². The molecule has 0 fully saturated rings. The van der Waals surface area contributed by atoms with Gasteiger partial charge in [0.15, 0.2) is 0 Å². The van der Waals surface area contributed by atoms with Gasteiger partial charge in [0.1, 0.15) is 0 Å². The van der Waals surface area contributed by atoms with Crippen LogP contribution < -0.4 is 0 Å². The van der Waals surface area contributed by atoms with E-state index in [4.69, 9.17) is 0 Å². The molecule has 0 radical (unpaired) electrons. The zero-order chi connectivity index (χ0) is 9.14. The van der Waals surface area contributed by atoms with E-state index in [-0.39, 0.29) is 6.54 Å². The van der Waals surface area contributed by atoms with E-state index >= 15 is 0 Å². The fourth-order valence-electron chi connectivity index (χ4n) is 0.935. The van der Waals surface area contributed by atoms with E-state index < -0.39 is 6.43 Å². The number of rotatable bonds is 3. The SMILES string of the molecule is CC(C)c1cn(CC(F)F)cn1. The number of hydrogen-bond acceptors (Lipinski definition) is 1. The summed E-state index contributed by atoms with van der Waals surface area (Å²) >= 11 is 0. The highest BCUT2D eigenvalue weighted by Gasteiger charge is 2.06. The average molecular weight is 174 g/mol. The number of hydrogen-bond donors (Lipinski definition) is 0. The standard InChI is InChI=1S/C8H12F2N2/c1-6(2)7-3-12(5-11-7)4-8(9)10/h3,5-6,8H,4H2,1-2H3. The van der Waals surface area contributed by atoms with E-state index in [9.17, 15) is 8.78 Å². The molecule has 0 aliphatic heterocycles. The summed E-state index contributed by atoms with van der Waals surface area (Å²) in [6, 6.07) is 0. The van der Waals surface area contributed by atoms with Gasteiger partial charge in [-0.1, -0.05) is 13.8 Å². The van der Waals surface area contributed by atoms with E-state index in [2.05, 4.69) is 4.98 Å². The second-order valence-corrected chi connectivity index (χ2v) is 3.04. The van der Waals surface area contributed by atoms with Gasteiger partial charge in [-0.05, 0) is 5.92 Å². The molecule has 1 heterocycles. The van der Waals surface area contributed by atoms with Gasteiger partial charge < -0.3 is 4.57 Å². The van der Waals surface area contributed by atoms with Crippen molar-refractivity contribution in [3.8, 4) is 0 Å². The summed E-state index contributed by atoms with van der Waals surface area (Å²) in [5.41, 5.74) is 0.857. The van der Waals surface area contributed by atoms with Crippen LogP contribution in [-0.2, 0) is 6.54 Å². The first-order chi connectivity index (χ1) is 5.59. The number of halogens is 2. The lowest BCUT2D eigenvalue weighted by atomic mass is 10.2. The van der Waals surface area contributed by atoms with E-state index in [0.29, 0.717) is 5.92 Å². The topological polar surface area (TPSA) is 17.8 Å². The molecular formula is C8H12F2N2. The molecule has 0 unspecified atom stereocenters. The molecule has 4 heteroatoms. The van der Waals surface area contributed by atoms with Crippen molar-refractivity contribution in [3.05, 3.63) is 18.2 Å². The van der Waals surface area contributed by atoms with Gasteiger partial charge in [-0.2, -0.15) is 0 Å². The third-order valence-corrected chi connectivity index (χ3v) is 1.59. The molecule has 0 saturated heterocycles. The Morgan fingerprint density at radius 3 is 2.58 bits per heavy atom. The molecule has 0 spiro atoms. The second-order valence-electron chi connectivity index (χ2n) is 3.04. The van der Waals surface area contributed by atoms with Crippen LogP contribution in [0.4, 0.5) is 8.78 Å². The maximum atomic E-state index is 11.9. The van der Waals surface area contributed by atoms with E-state index in [1.165, 1.54) is 10.9 Å². The first kappa shape index (κ1) is 9.16. The smallest absolute Gasteiger partial charge is 0.256 e. The first-order valence-corrected chi connectivity index (χ1v) is 3.89. The van der Waals surface area contributed by atoms with Crippen molar-refractivity contribution < 1.29 is 8.78 Å². The van der Waals surface area contributed by atoms with Crippen LogP contribution >= 0.6 is 0 Å². The normalized spacial score (nSPS) is 11.5. The molecular weight excluding hydrogens is 162 g/mol. The summed E-state index contributed by atoms with van der Waals surface area (Å²) in [5.74, 6) is 0.295. The monoisotopic (exact) mass is 174 g/mol. The van der Waals surface area contributed by atoms with Gasteiger partial charge in [-0.3, -0.25) is 0 Å². The Hall–Kier alpha value is -0.930. The fourth-order valence-corrected chi connectivity index (χ4v) is 0.935. The summed E-state index contributed by atoms with van der Waals surface area (Å²) in [5, 5.41) is 0. The molecule has 0 aliphatic rings. The van der Waals surface area contributed by atoms with Crippen molar-refractivity contribution >= 4 is 0 Å². The van der Waals surface area contributed by atoms with Crippen LogP contribution in [-0.4, -0.2) is 16.0 Å². The molecule has 0 aromatic carbocycles. The van der Waals surface area contributed by atoms with Gasteiger partial charge in [-0.15, -0.1) is 0 Å². The number of imidazole rings is 1. The highest BCUT2D eigenvalue weighted by Crippen LogP contribution is 2.11. The zero-order valence-corrected chi connectivity index (χ0v) is 7.17. The molecule has 1 aromatic heterocycles. The lowest BCUT2D eigenvalue weighted by molar-refractivity contribution is 0.126. The average Bonchev–Trinajstić information content (AvgIpc) is 2.34. The van der Waals surface area contributed by atoms with Gasteiger partial charge in [0.25, 0.3) is 6.43 Å². The molecule has 1 rings (SSSR count). The maximum absolute atomic E-state index is 11.9. The van der Waals surface area contributed by atoms with Gasteiger partial charge in [0.2, 0.25) is 0 Å². The van der Waals surface area contributed by atoms with Crippen LogP contribution in [0.1, 0.15) is 25.5 Å². The summed E-state index contributed by atoms with van der Waals surface area (Å²) in [4.78, 5) is 4.00. The van der Waals surface area contributed by atoms with Gasteiger partial charge in [-0.25, -0.2) is 13.8 Å². The van der Waals surface area contributed by atoms with Crippen LogP contribution in [0.5, 0.6) is 0 Å². The highest BCUT2D eigenvalue weighted by molar-refractivity contribution is 5.01. The molecule has 0 bridgehead atoms. The second kappa shape index (κ2) is 3.65. The maximum Gasteiger partial charge on any atom is 0.256 e. The minimum absolute atomic E-state index is 0.264. The summed E-state index contributed by atoms with van der Waals surface area (Å²) in [7, 11) is 0. The molecule has 2 nitrogen and oxygen atoms in total. The third-order valence-electron chi connectivity index (χ3n) is 1.59. The number of nitrogens with zero attached hydrogens (tertiary/aromatic N) is 2. The zero-order valence-electron chi connectivity index (χ0n) is 7.17. The van der Waals surface area contributed by atoms with Crippen molar-refractivity contribution in [2.24, 2.45) is 0 Å². The minimum atomic E-state index is -2.31. The highest BCUT2D eigenvalue weighted by atomic mass is 19.3. The lowest BCUT2D eigenvalue weighted by Crippen LogP contribution is -2.03. The summed E-state index contributed by atoms with van der Waals surface area (Å²) in [6.07, 6.45) is 0.803. The molecule has 1 aromatic rings. The summed E-state index contributed by atoms with van der Waals surface area (Å²) < 4.78 is 25.2. The van der Waals surface area contributed by atoms with E-state index in [1.54, 1.807) is 6.20 Å². The molecule has 0 amide bonds. The fraction of sp³-hybridized carbons (Fsp3) is 0.625. The third kappa shape index (κ3) is 2.29. The van der Waals surface area contributed by atoms with Crippen molar-refractivity contribution in [3.63, 3.8) is 0 Å². The van der Waals surface area contributed by atoms with Crippen molar-refractivity contribution in [2.45, 2.75) is 32.7 Å². The van der Waals surface area contributed by atoms with Crippen molar-refractivity contribution in [2.75, 3.05) is 0 Å². The van der Waals surface area contributed by atoms with Gasteiger partial charge in [0, 0.05) is 6.20 Å². The molecule has 0 atom stereocenters. The molecule has 0 saturated carbocycles. The molecule has 12 heavy (non-hydrogen) atoms. The number of aromatic nitrogens is 2. The Kier molecular flexibility index (Phi) is 2.78. The van der Waals surface area contributed by atoms with Gasteiger partial charge in [0.05, 0.1) is 18.6 Å². The van der Waals surface area contributed by atoms with E-state index in [1.807, 2.05) is 13.8 Å². The Balaban J connectivity index is 2.64. The van der Waals surface area contributed by atoms with Crippen LogP contribution in [0, 0.1) is 0 Å². The molecule has 68 valence electrons. The van der Waals surface area contributed by atoms with Crippen LogP contribution in [0.25, 0.3) is 0 Å². The molecule has 0 N–H and O–H groups in total. The predicted molar refractivity (Wildman–Crippen MR) is 42.3 cm³/mol. The van der Waals surface area contributed by atoms with Crippen LogP contribution in [0.2, 0.25) is 0 Å². The summed E-state index contributed by atoms with van der Waals surface area (Å²) in [6.45, 7) is 3.70. The van der Waals surface area contributed by atoms with Crippen LogP contribution in [0.3, 0.4) is 0 Å². The minimum Gasteiger partial charge on any atom is -0.331 e. The van der Waals surface area contributed by atoms with Crippen molar-refractivity contribution in [1.29, 1.82) is 0 Å². The van der Waals surface area contributed by atoms with Crippen molar-refractivity contribution in [1.82, 2.24) is 9.55 Å². The Bertz CT molecular complexity index is 243. The first-order valence-electron chi connectivity index (χ1n) is 3.89. The lowest BCUT2D eigenvalue weighted by Gasteiger charge is -1.99. The van der Waals surface area contributed by atoms with E-state index in [0.717, 1.165) is 5.69 Å². The number of alkyl halides is 2. The Morgan fingerprint density at radius 1 is 1.50 bits per heavy atom. The quantitative estimate of drug-likeness (QED) is 0.687. The Morgan fingerprint density at radius 2 is 2.17 bits per heavy atom. The Labute approximate surface area is 70.2 Å². The van der Waals surface area contributed by atoms with Gasteiger partial charge >= 0.3 is 0 Å².